The number of rotatable bonds is 40. The molecule has 0 aromatic carbocycles. The van der Waals surface area contributed by atoms with E-state index >= 15 is 0 Å². The highest BCUT2D eigenvalue weighted by molar-refractivity contribution is 7.46. The minimum Gasteiger partial charge on any atom is -0.756 e. The quantitative estimate of drug-likeness (QED) is 0.0131. The zero-order valence-corrected chi connectivity index (χ0v) is 42.0. The summed E-state index contributed by atoms with van der Waals surface area (Å²) < 4.78 is 48.7. The molecule has 13 N–H and O–H groups in total. The molecular weight excluding hydrogens is 886 g/mol. The fourth-order valence-corrected chi connectivity index (χ4v) is 8.75. The van der Waals surface area contributed by atoms with E-state index in [1.54, 1.807) is 0 Å². The van der Waals surface area contributed by atoms with Crippen LogP contribution in [0.4, 0.5) is 0 Å². The van der Waals surface area contributed by atoms with Gasteiger partial charge < -0.3 is 70.5 Å². The van der Waals surface area contributed by atoms with Crippen molar-refractivity contribution in [2.75, 3.05) is 13.2 Å². The molecule has 1 saturated carbocycles. The second-order valence-corrected chi connectivity index (χ2v) is 19.3. The molecule has 0 bridgehead atoms. The fourth-order valence-electron chi connectivity index (χ4n) is 7.24. The number of carbonyl (C=O) groups is 2. The van der Waals surface area contributed by atoms with Crippen molar-refractivity contribution in [3.05, 3.63) is 24.3 Å². The second kappa shape index (κ2) is 40.3. The van der Waals surface area contributed by atoms with E-state index in [1.165, 1.54) is 77.0 Å². The van der Waals surface area contributed by atoms with E-state index in [0.717, 1.165) is 77.0 Å². The Morgan fingerprint density at radius 3 is 1.31 bits per heavy atom. The van der Waals surface area contributed by atoms with E-state index in [2.05, 4.69) is 42.7 Å². The summed E-state index contributed by atoms with van der Waals surface area (Å²) in [6.45, 7) is 2.98. The van der Waals surface area contributed by atoms with Crippen molar-refractivity contribution >= 4 is 27.6 Å². The molecule has 65 heavy (non-hydrogen) atoms. The predicted octanol–water partition coefficient (Wildman–Crippen LogP) is 8.44. The van der Waals surface area contributed by atoms with Gasteiger partial charge in [0, 0.05) is 12.8 Å². The summed E-state index contributed by atoms with van der Waals surface area (Å²) in [7, 11) is -11.2. The average Bonchev–Trinajstić information content (AvgIpc) is 3.23. The van der Waals surface area contributed by atoms with Crippen molar-refractivity contribution in [2.24, 2.45) is 0 Å². The lowest BCUT2D eigenvalue weighted by Gasteiger charge is -2.45. The van der Waals surface area contributed by atoms with Gasteiger partial charge in [-0.05, 0) is 64.2 Å². The van der Waals surface area contributed by atoms with Crippen molar-refractivity contribution in [1.82, 2.24) is 12.3 Å². The third kappa shape index (κ3) is 34.4. The molecule has 0 amide bonds. The van der Waals surface area contributed by atoms with Gasteiger partial charge in [0.1, 0.15) is 43.2 Å². The number of allylic oxidation sites excluding steroid dienone is 4. The summed E-state index contributed by atoms with van der Waals surface area (Å²) >= 11 is 0. The Morgan fingerprint density at radius 2 is 0.892 bits per heavy atom. The Bertz CT molecular complexity index is 1340. The van der Waals surface area contributed by atoms with Crippen LogP contribution in [0.1, 0.15) is 194 Å². The number of carbonyl (C=O) groups excluding carboxylic acids is 2. The first kappa shape index (κ1) is 65.5. The van der Waals surface area contributed by atoms with Crippen LogP contribution >= 0.6 is 15.6 Å². The maximum atomic E-state index is 12.8. The summed E-state index contributed by atoms with van der Waals surface area (Å²) in [5.41, 5.74) is 0. The van der Waals surface area contributed by atoms with Gasteiger partial charge in [-0.3, -0.25) is 18.7 Å². The Hall–Kier alpha value is -1.60. The lowest BCUT2D eigenvalue weighted by Crippen LogP contribution is -2.64. The summed E-state index contributed by atoms with van der Waals surface area (Å²) in [4.78, 5) is 58.5. The number of esters is 2. The van der Waals surface area contributed by atoms with Gasteiger partial charge in [0.25, 0.3) is 15.6 Å². The van der Waals surface area contributed by atoms with E-state index < -0.39 is 83.5 Å². The van der Waals surface area contributed by atoms with Gasteiger partial charge >= 0.3 is 11.9 Å². The van der Waals surface area contributed by atoms with E-state index in [9.17, 15) is 48.9 Å². The molecule has 0 radical (unpaired) electrons. The third-order valence-corrected chi connectivity index (χ3v) is 12.5. The Kier molecular flexibility index (Phi) is 40.6. The van der Waals surface area contributed by atoms with Crippen molar-refractivity contribution in [1.29, 1.82) is 0 Å². The van der Waals surface area contributed by atoms with Crippen molar-refractivity contribution < 1.29 is 76.9 Å². The number of phosphoric ester groups is 2. The van der Waals surface area contributed by atoms with Crippen LogP contribution in [-0.4, -0.2) is 93.2 Å². The van der Waals surface area contributed by atoms with Crippen molar-refractivity contribution in [2.45, 2.75) is 236 Å². The molecule has 20 heteroatoms. The standard InChI is InChI=1S/C45H84O16P2.2H3N/c1-3-5-7-9-11-13-15-17-19-21-23-25-27-29-31-33-38(46)57-35-37(59-39(47)34-32-30-28-26-24-22-20-18-16-14-12-10-8-6-4-2)36-58-63(55,56)61-45-42(50)40(48)41(49)44(43(45)51)60-62(52,53)54;;/h17-20,37,40-45,48-51H,3-16,21-36H2,1-2H3,(H,55,56)(H2,52,53,54);2*1H3/b19-17-,20-18-;;/t37-,40-,41?,42?,43?,44?,45-;;/m1../s1. The molecular formula is C45H90N2O16P2. The smallest absolute Gasteiger partial charge is 0.306 e. The number of aliphatic hydroxyl groups is 4. The van der Waals surface area contributed by atoms with Crippen LogP contribution in [0.15, 0.2) is 24.3 Å². The van der Waals surface area contributed by atoms with Crippen LogP contribution in [0.2, 0.25) is 0 Å². The molecule has 1 rings (SSSR count). The normalized spacial score (nSPS) is 22.2. The molecule has 1 fully saturated rings. The summed E-state index contributed by atoms with van der Waals surface area (Å²) in [6, 6.07) is 0. The first-order valence-corrected chi connectivity index (χ1v) is 26.8. The number of hydrogen-bond acceptors (Lipinski definition) is 15. The van der Waals surface area contributed by atoms with E-state index in [-0.39, 0.29) is 25.1 Å². The summed E-state index contributed by atoms with van der Waals surface area (Å²) in [5.74, 6) is -1.27. The lowest BCUT2D eigenvalue weighted by molar-refractivity contribution is -0.271. The molecule has 0 aliphatic heterocycles. The van der Waals surface area contributed by atoms with Crippen LogP contribution in [0, 0.1) is 0 Å². The number of phosphoric acid groups is 2. The Balaban J connectivity index is 0. The molecule has 386 valence electrons. The Morgan fingerprint density at radius 1 is 0.523 bits per heavy atom. The van der Waals surface area contributed by atoms with Gasteiger partial charge in [-0.15, -0.1) is 0 Å². The average molecular weight is 977 g/mol. The Labute approximate surface area is 389 Å². The number of quaternary nitrogens is 2. The van der Waals surface area contributed by atoms with Crippen LogP contribution < -0.4 is 22.1 Å². The zero-order chi connectivity index (χ0) is 46.8. The molecule has 0 aromatic rings. The predicted molar refractivity (Wildman–Crippen MR) is 249 cm³/mol. The molecule has 6 unspecified atom stereocenters. The maximum absolute atomic E-state index is 12.8. The lowest BCUT2D eigenvalue weighted by atomic mass is 9.85. The van der Waals surface area contributed by atoms with Gasteiger partial charge in [0.05, 0.1) is 6.61 Å². The SMILES string of the molecule is CCCCCCCC/C=C\CCCCCCCC(=O)OC[C@H](COP(=O)([O-])O[C@H]1C(O)C(OP(=O)([O-])O)C(O)[C@@H](O)C1O)OC(=O)CCCCCCC/C=C\CCCCCCCC.[NH4+].[NH4+]. The summed E-state index contributed by atoms with van der Waals surface area (Å²) in [5, 5.41) is 41.0. The number of unbranched alkanes of at least 4 members (excludes halogenated alkanes) is 22. The topological polar surface area (TPSA) is 335 Å². The minimum atomic E-state index is -5.63. The van der Waals surface area contributed by atoms with Crippen molar-refractivity contribution in [3.8, 4) is 0 Å². The van der Waals surface area contributed by atoms with Gasteiger partial charge in [0.2, 0.25) is 0 Å². The van der Waals surface area contributed by atoms with Crippen molar-refractivity contribution in [3.63, 3.8) is 0 Å². The summed E-state index contributed by atoms with van der Waals surface area (Å²) in [6.07, 6.45) is 22.0. The fraction of sp³-hybridized carbons (Fsp3) is 0.867. The van der Waals surface area contributed by atoms with E-state index in [1.807, 2.05) is 0 Å². The molecule has 1 aliphatic rings. The highest BCUT2D eigenvalue weighted by atomic mass is 31.2. The molecule has 0 aromatic heterocycles. The molecule has 0 spiro atoms. The molecule has 1 aliphatic carbocycles. The van der Waals surface area contributed by atoms with E-state index in [4.69, 9.17) is 23.4 Å². The van der Waals surface area contributed by atoms with Crippen LogP contribution in [0.3, 0.4) is 0 Å². The minimum absolute atomic E-state index is 0. The monoisotopic (exact) mass is 977 g/mol. The third-order valence-electron chi connectivity index (χ3n) is 11.0. The van der Waals surface area contributed by atoms with Gasteiger partial charge in [-0.2, -0.15) is 0 Å². The first-order chi connectivity index (χ1) is 30.1. The molecule has 18 nitrogen and oxygen atoms in total. The number of aliphatic hydroxyl groups excluding tert-OH is 4. The van der Waals surface area contributed by atoms with Crippen LogP contribution in [0.25, 0.3) is 0 Å². The number of hydrogen-bond donors (Lipinski definition) is 7. The molecule has 0 saturated heterocycles. The van der Waals surface area contributed by atoms with Gasteiger partial charge in [-0.1, -0.05) is 141 Å². The maximum Gasteiger partial charge on any atom is 0.306 e. The molecule has 0 heterocycles. The van der Waals surface area contributed by atoms with Crippen LogP contribution in [0.5, 0.6) is 0 Å². The molecule has 9 atom stereocenters. The zero-order valence-electron chi connectivity index (χ0n) is 40.2. The largest absolute Gasteiger partial charge is 0.756 e. The highest BCUT2D eigenvalue weighted by Crippen LogP contribution is 2.45. The first-order valence-electron chi connectivity index (χ1n) is 23.8. The number of ether oxygens (including phenoxy) is 2. The second-order valence-electron chi connectivity index (χ2n) is 16.8. The van der Waals surface area contributed by atoms with Crippen LogP contribution in [-0.2, 0) is 41.8 Å². The van der Waals surface area contributed by atoms with Gasteiger partial charge in [0.15, 0.2) is 6.10 Å². The van der Waals surface area contributed by atoms with Gasteiger partial charge in [-0.25, -0.2) is 0 Å². The van der Waals surface area contributed by atoms with E-state index in [0.29, 0.717) is 12.8 Å². The highest BCUT2D eigenvalue weighted by Gasteiger charge is 2.52.